The smallest absolute Gasteiger partial charge is 0.410 e. The molecule has 49 heavy (non-hydrogen) atoms. The highest BCUT2D eigenvalue weighted by Crippen LogP contribution is 2.44. The molecule has 0 spiro atoms. The van der Waals surface area contributed by atoms with Gasteiger partial charge in [-0.05, 0) is 57.9 Å². The third-order valence-electron chi connectivity index (χ3n) is 7.09. The molecule has 15 nitrogen and oxygen atoms in total. The van der Waals surface area contributed by atoms with Gasteiger partial charge in [0.15, 0.2) is 25.0 Å². The van der Waals surface area contributed by atoms with Crippen molar-refractivity contribution in [2.45, 2.75) is 45.3 Å². The van der Waals surface area contributed by atoms with Crippen molar-refractivity contribution >= 4 is 17.7 Å². The summed E-state index contributed by atoms with van der Waals surface area (Å²) in [7, 11) is 3.15. The first kappa shape index (κ1) is 37.3. The van der Waals surface area contributed by atoms with Crippen LogP contribution in [0.1, 0.15) is 44.1 Å². The number of anilines is 1. The number of hydrogen-bond acceptors (Lipinski definition) is 13. The number of nitrogens with zero attached hydrogens (tertiary/aromatic N) is 2. The number of amides is 2. The lowest BCUT2D eigenvalue weighted by Gasteiger charge is -2.33. The van der Waals surface area contributed by atoms with Crippen molar-refractivity contribution in [2.75, 3.05) is 73.1 Å². The Hall–Kier alpha value is -4.57. The summed E-state index contributed by atoms with van der Waals surface area (Å²) in [6.07, 6.45) is 0.757. The van der Waals surface area contributed by atoms with E-state index in [-0.39, 0.29) is 48.7 Å². The van der Waals surface area contributed by atoms with Crippen LogP contribution in [0.25, 0.3) is 11.3 Å². The van der Waals surface area contributed by atoms with Crippen LogP contribution in [0.3, 0.4) is 0 Å². The van der Waals surface area contributed by atoms with Gasteiger partial charge in [0.25, 0.3) is 5.91 Å². The van der Waals surface area contributed by atoms with Crippen molar-refractivity contribution in [3.05, 3.63) is 48.2 Å². The Morgan fingerprint density at radius 2 is 1.53 bits per heavy atom. The van der Waals surface area contributed by atoms with Crippen molar-refractivity contribution in [3.8, 4) is 34.3 Å². The molecule has 4 rings (SSSR count). The molecular weight excluding hydrogens is 640 g/mol. The Balaban J connectivity index is 1.55. The van der Waals surface area contributed by atoms with Gasteiger partial charge < -0.3 is 58.4 Å². The zero-order valence-corrected chi connectivity index (χ0v) is 28.7. The number of nitrogen functional groups attached to an aromatic ring is 1. The first-order valence-corrected chi connectivity index (χ1v) is 15.9. The van der Waals surface area contributed by atoms with Crippen LogP contribution in [-0.2, 0) is 23.7 Å². The molecular formula is C34H46N4O11. The quantitative estimate of drug-likeness (QED) is 0.112. The number of methoxy groups -OCH3 is 2. The number of nitrogens with two attached hydrogens (primary N) is 1. The highest BCUT2D eigenvalue weighted by molar-refractivity contribution is 5.93. The number of benzene rings is 2. The highest BCUT2D eigenvalue weighted by Gasteiger charge is 2.29. The van der Waals surface area contributed by atoms with Crippen molar-refractivity contribution in [1.29, 1.82) is 0 Å². The summed E-state index contributed by atoms with van der Waals surface area (Å²) in [5.74, 6) is 1.17. The number of aromatic nitrogens is 1. The summed E-state index contributed by atoms with van der Waals surface area (Å²) in [4.78, 5) is 27.4. The van der Waals surface area contributed by atoms with Gasteiger partial charge in [-0.15, -0.1) is 0 Å². The lowest BCUT2D eigenvalue weighted by Crippen LogP contribution is -2.47. The third-order valence-corrected chi connectivity index (χ3v) is 7.09. The van der Waals surface area contributed by atoms with Crippen LogP contribution < -0.4 is 25.3 Å². The van der Waals surface area contributed by atoms with E-state index in [0.717, 1.165) is 0 Å². The minimum Gasteiger partial charge on any atom is -0.467 e. The topological polar surface area (TPSA) is 175 Å². The van der Waals surface area contributed by atoms with Gasteiger partial charge in [0.05, 0.1) is 26.4 Å². The van der Waals surface area contributed by atoms with E-state index < -0.39 is 11.5 Å². The van der Waals surface area contributed by atoms with Gasteiger partial charge in [-0.1, -0.05) is 5.16 Å². The first-order chi connectivity index (χ1) is 23.6. The van der Waals surface area contributed by atoms with Crippen LogP contribution in [0.4, 0.5) is 10.5 Å². The van der Waals surface area contributed by atoms with E-state index in [4.69, 9.17) is 48.2 Å². The van der Waals surface area contributed by atoms with Crippen LogP contribution in [0, 0.1) is 0 Å². The van der Waals surface area contributed by atoms with Crippen LogP contribution in [-0.4, -0.2) is 101 Å². The second kappa shape index (κ2) is 18.3. The lowest BCUT2D eigenvalue weighted by atomic mass is 10.0. The molecule has 15 heteroatoms. The van der Waals surface area contributed by atoms with Gasteiger partial charge in [0.1, 0.15) is 34.2 Å². The van der Waals surface area contributed by atoms with E-state index in [9.17, 15) is 9.59 Å². The molecule has 2 heterocycles. The Kier molecular flexibility index (Phi) is 13.9. The molecule has 1 fully saturated rings. The predicted molar refractivity (Wildman–Crippen MR) is 178 cm³/mol. The molecule has 1 aliphatic heterocycles. The number of carbonyl (C=O) groups excluding carboxylic acids is 2. The number of nitrogens with one attached hydrogen (secondary N) is 1. The molecule has 1 saturated heterocycles. The molecule has 1 aromatic heterocycles. The first-order valence-electron chi connectivity index (χ1n) is 15.9. The Morgan fingerprint density at radius 1 is 0.898 bits per heavy atom. The predicted octanol–water partition coefficient (Wildman–Crippen LogP) is 4.84. The largest absolute Gasteiger partial charge is 0.467 e. The average molecular weight is 687 g/mol. The number of rotatable bonds is 17. The van der Waals surface area contributed by atoms with Gasteiger partial charge in [-0.3, -0.25) is 4.79 Å². The molecule has 1 aliphatic rings. The van der Waals surface area contributed by atoms with Crippen molar-refractivity contribution in [2.24, 2.45) is 0 Å². The molecule has 2 aromatic carbocycles. The summed E-state index contributed by atoms with van der Waals surface area (Å²) in [5.41, 5.74) is 6.28. The number of hydrogen-bond donors (Lipinski definition) is 2. The van der Waals surface area contributed by atoms with Gasteiger partial charge in [0.2, 0.25) is 0 Å². The third kappa shape index (κ3) is 11.8. The zero-order valence-electron chi connectivity index (χ0n) is 28.7. The second-order valence-corrected chi connectivity index (χ2v) is 12.1. The molecule has 268 valence electrons. The lowest BCUT2D eigenvalue weighted by molar-refractivity contribution is -0.0116. The molecule has 0 unspecified atom stereocenters. The van der Waals surface area contributed by atoms with Crippen LogP contribution in [0.15, 0.2) is 47.0 Å². The summed E-state index contributed by atoms with van der Waals surface area (Å²) < 4.78 is 50.4. The Morgan fingerprint density at radius 3 is 2.16 bits per heavy atom. The van der Waals surface area contributed by atoms with Crippen LogP contribution in [0.5, 0.6) is 23.0 Å². The van der Waals surface area contributed by atoms with Gasteiger partial charge in [-0.2, -0.15) is 0 Å². The van der Waals surface area contributed by atoms with E-state index in [1.807, 2.05) is 20.8 Å². The SMILES string of the molecule is COCCOCOc1cc(OCOCCOC)c(-c2cc(C(=O)NC3CCN(C(=O)OC(C)(C)C)CC3)no2)c(Oc2ccc(N)cc2)c1. The number of likely N-dealkylation sites (tertiary alicyclic amines) is 1. The van der Waals surface area contributed by atoms with Crippen LogP contribution >= 0.6 is 0 Å². The normalized spacial score (nSPS) is 13.6. The fourth-order valence-corrected chi connectivity index (χ4v) is 4.66. The number of ether oxygens (including phenoxy) is 8. The minimum atomic E-state index is -0.583. The summed E-state index contributed by atoms with van der Waals surface area (Å²) in [5, 5.41) is 7.05. The fourth-order valence-electron chi connectivity index (χ4n) is 4.66. The average Bonchev–Trinajstić information content (AvgIpc) is 3.55. The second-order valence-electron chi connectivity index (χ2n) is 12.1. The molecule has 0 atom stereocenters. The van der Waals surface area contributed by atoms with Crippen molar-refractivity contribution in [3.63, 3.8) is 0 Å². The minimum absolute atomic E-state index is 0.0529. The van der Waals surface area contributed by atoms with Crippen LogP contribution in [0.2, 0.25) is 0 Å². The van der Waals surface area contributed by atoms with E-state index in [1.165, 1.54) is 6.07 Å². The maximum absolute atomic E-state index is 13.3. The molecule has 0 bridgehead atoms. The van der Waals surface area contributed by atoms with Gasteiger partial charge in [-0.25, -0.2) is 4.79 Å². The fraction of sp³-hybridized carbons (Fsp3) is 0.500. The molecule has 3 aromatic rings. The molecule has 0 saturated carbocycles. The molecule has 0 aliphatic carbocycles. The maximum Gasteiger partial charge on any atom is 0.410 e. The monoisotopic (exact) mass is 686 g/mol. The number of carbonyl (C=O) groups is 2. The summed E-state index contributed by atoms with van der Waals surface area (Å²) >= 11 is 0. The zero-order chi connectivity index (χ0) is 35.2. The van der Waals surface area contributed by atoms with Gasteiger partial charge in [0, 0.05) is 57.2 Å². The Bertz CT molecular complexity index is 1480. The van der Waals surface area contributed by atoms with E-state index >= 15 is 0 Å². The number of piperidine rings is 1. The molecule has 2 amide bonds. The standard InChI is InChI=1S/C34H46N4O11/c1-34(2,3)48-33(40)38-12-10-24(11-13-38)36-32(39)27-20-30(49-37-27)31-28(46-22-44-17-15-42-5)18-26(45-21-43-16-14-41-4)19-29(31)47-25-8-6-23(35)7-9-25/h6-9,18-20,24H,10-17,21-22,35H2,1-5H3,(H,36,39). The highest BCUT2D eigenvalue weighted by atomic mass is 16.7. The molecule has 0 radical (unpaired) electrons. The van der Waals surface area contributed by atoms with E-state index in [2.05, 4.69) is 10.5 Å². The molecule has 3 N–H and O–H groups in total. The van der Waals surface area contributed by atoms with Gasteiger partial charge >= 0.3 is 6.09 Å². The van der Waals surface area contributed by atoms with E-state index in [0.29, 0.717) is 75.1 Å². The summed E-state index contributed by atoms with van der Waals surface area (Å²) in [6.45, 7) is 7.62. The van der Waals surface area contributed by atoms with E-state index in [1.54, 1.807) is 55.5 Å². The maximum atomic E-state index is 13.3. The Labute approximate surface area is 285 Å². The van der Waals surface area contributed by atoms with Crippen molar-refractivity contribution in [1.82, 2.24) is 15.4 Å². The van der Waals surface area contributed by atoms with Crippen molar-refractivity contribution < 1.29 is 52.0 Å². The summed E-state index contributed by atoms with van der Waals surface area (Å²) in [6, 6.07) is 11.4.